The lowest BCUT2D eigenvalue weighted by Gasteiger charge is -2.20. The number of likely N-dealkylation sites (tertiary alicyclic amines) is 1. The highest BCUT2D eigenvalue weighted by Crippen LogP contribution is 2.28. The summed E-state index contributed by atoms with van der Waals surface area (Å²) >= 11 is 0. The fourth-order valence-corrected chi connectivity index (χ4v) is 4.96. The van der Waals surface area contributed by atoms with Crippen LogP contribution < -0.4 is 5.56 Å². The lowest BCUT2D eigenvalue weighted by atomic mass is 9.94. The van der Waals surface area contributed by atoms with Crippen LogP contribution in [0.25, 0.3) is 5.52 Å². The van der Waals surface area contributed by atoms with Gasteiger partial charge in [-0.2, -0.15) is 5.10 Å². The quantitative estimate of drug-likeness (QED) is 0.656. The van der Waals surface area contributed by atoms with E-state index < -0.39 is 11.6 Å². The molecule has 0 bridgehead atoms. The lowest BCUT2D eigenvalue weighted by Crippen LogP contribution is -2.24. The molecular formula is C23H27F2N5O2. The molecule has 0 aliphatic carbocycles. The maximum absolute atomic E-state index is 14.1. The number of imidazole rings is 1. The van der Waals surface area contributed by atoms with Gasteiger partial charge in [-0.15, -0.1) is 0 Å². The molecule has 0 radical (unpaired) electrons. The van der Waals surface area contributed by atoms with Gasteiger partial charge in [-0.1, -0.05) is 13.0 Å². The molecule has 2 unspecified atom stereocenters. The van der Waals surface area contributed by atoms with Crippen molar-refractivity contribution in [2.75, 3.05) is 26.3 Å². The van der Waals surface area contributed by atoms with Crippen LogP contribution in [0, 0.1) is 23.5 Å². The van der Waals surface area contributed by atoms with Crippen molar-refractivity contribution in [2.45, 2.75) is 38.6 Å². The van der Waals surface area contributed by atoms with Crippen LogP contribution in [0.4, 0.5) is 8.78 Å². The molecule has 1 N–H and O–H groups in total. The first kappa shape index (κ1) is 21.2. The van der Waals surface area contributed by atoms with Gasteiger partial charge in [0, 0.05) is 56.8 Å². The van der Waals surface area contributed by atoms with Crippen molar-refractivity contribution >= 4 is 5.52 Å². The predicted octanol–water partition coefficient (Wildman–Crippen LogP) is 2.90. The Morgan fingerprint density at radius 1 is 1.22 bits per heavy atom. The SMILES string of the molecule is CC1CN(Cc2ccc(F)cc2F)CC1Cc1nn2c(C3CCOCC3)ncc2c(=O)[nH]1. The zero-order valence-electron chi connectivity index (χ0n) is 18.1. The van der Waals surface area contributed by atoms with Gasteiger partial charge in [0.05, 0.1) is 6.20 Å². The number of nitrogens with zero attached hydrogens (tertiary/aromatic N) is 4. The summed E-state index contributed by atoms with van der Waals surface area (Å²) in [5.74, 6) is 1.25. The molecule has 1 aromatic carbocycles. The number of halogens is 2. The summed E-state index contributed by atoms with van der Waals surface area (Å²) in [6.45, 7) is 5.56. The molecule has 32 heavy (non-hydrogen) atoms. The van der Waals surface area contributed by atoms with Crippen LogP contribution in [0.5, 0.6) is 0 Å². The van der Waals surface area contributed by atoms with E-state index in [1.807, 2.05) is 0 Å². The van der Waals surface area contributed by atoms with E-state index in [1.165, 1.54) is 12.1 Å². The van der Waals surface area contributed by atoms with Crippen LogP contribution in [0.1, 0.15) is 42.9 Å². The summed E-state index contributed by atoms with van der Waals surface area (Å²) in [6, 6.07) is 3.73. The molecule has 0 amide bonds. The number of hydrogen-bond donors (Lipinski definition) is 1. The maximum Gasteiger partial charge on any atom is 0.276 e. The third-order valence-corrected chi connectivity index (χ3v) is 6.77. The highest BCUT2D eigenvalue weighted by atomic mass is 19.1. The minimum Gasteiger partial charge on any atom is -0.381 e. The summed E-state index contributed by atoms with van der Waals surface area (Å²) in [4.78, 5) is 22.2. The Kier molecular flexibility index (Phi) is 5.77. The molecule has 2 aliphatic heterocycles. The third kappa shape index (κ3) is 4.19. The molecule has 4 heterocycles. The summed E-state index contributed by atoms with van der Waals surface area (Å²) in [7, 11) is 0. The Morgan fingerprint density at radius 2 is 2.03 bits per heavy atom. The van der Waals surface area contributed by atoms with Crippen LogP contribution in [0.15, 0.2) is 29.2 Å². The van der Waals surface area contributed by atoms with E-state index in [0.29, 0.717) is 49.0 Å². The molecule has 2 aromatic heterocycles. The van der Waals surface area contributed by atoms with Crippen molar-refractivity contribution in [1.82, 2.24) is 24.5 Å². The van der Waals surface area contributed by atoms with E-state index in [9.17, 15) is 13.6 Å². The van der Waals surface area contributed by atoms with Crippen LogP contribution in [0.3, 0.4) is 0 Å². The topological polar surface area (TPSA) is 75.5 Å². The van der Waals surface area contributed by atoms with Crippen molar-refractivity contribution in [2.24, 2.45) is 11.8 Å². The molecule has 0 saturated carbocycles. The second-order valence-electron chi connectivity index (χ2n) is 9.07. The predicted molar refractivity (Wildman–Crippen MR) is 114 cm³/mol. The van der Waals surface area contributed by atoms with Gasteiger partial charge in [0.2, 0.25) is 0 Å². The third-order valence-electron chi connectivity index (χ3n) is 6.77. The van der Waals surface area contributed by atoms with Gasteiger partial charge in [0.15, 0.2) is 5.52 Å². The minimum atomic E-state index is -0.566. The van der Waals surface area contributed by atoms with Gasteiger partial charge in [-0.3, -0.25) is 9.69 Å². The minimum absolute atomic E-state index is 0.184. The van der Waals surface area contributed by atoms with E-state index in [0.717, 1.165) is 37.8 Å². The maximum atomic E-state index is 14.1. The first-order chi connectivity index (χ1) is 15.5. The number of H-pyrrole nitrogens is 1. The Bertz CT molecular complexity index is 1170. The van der Waals surface area contributed by atoms with Crippen molar-refractivity contribution in [3.05, 3.63) is 63.6 Å². The highest BCUT2D eigenvalue weighted by molar-refractivity contribution is 5.42. The number of hydrogen-bond acceptors (Lipinski definition) is 5. The number of ether oxygens (including phenoxy) is 1. The first-order valence-electron chi connectivity index (χ1n) is 11.2. The number of nitrogens with one attached hydrogen (secondary N) is 1. The van der Waals surface area contributed by atoms with Gasteiger partial charge >= 0.3 is 0 Å². The van der Waals surface area contributed by atoms with Crippen LogP contribution in [-0.4, -0.2) is 50.8 Å². The van der Waals surface area contributed by atoms with Crippen LogP contribution in [0.2, 0.25) is 0 Å². The molecular weight excluding hydrogens is 416 g/mol. The zero-order valence-corrected chi connectivity index (χ0v) is 18.1. The number of aromatic amines is 1. The Balaban J connectivity index is 1.33. The number of aromatic nitrogens is 4. The molecule has 170 valence electrons. The van der Waals surface area contributed by atoms with E-state index in [4.69, 9.17) is 9.84 Å². The van der Waals surface area contributed by atoms with Crippen LogP contribution in [-0.2, 0) is 17.7 Å². The molecule has 2 aliphatic rings. The van der Waals surface area contributed by atoms with E-state index in [1.54, 1.807) is 10.7 Å². The summed E-state index contributed by atoms with van der Waals surface area (Å²) in [5, 5.41) is 4.74. The fraction of sp³-hybridized carbons (Fsp3) is 0.522. The summed E-state index contributed by atoms with van der Waals surface area (Å²) < 4.78 is 34.4. The Labute approximate surface area is 184 Å². The molecule has 9 heteroatoms. The number of fused-ring (bicyclic) bond motifs is 1. The largest absolute Gasteiger partial charge is 0.381 e. The van der Waals surface area contributed by atoms with Gasteiger partial charge in [-0.25, -0.2) is 18.3 Å². The van der Waals surface area contributed by atoms with Crippen LogP contribution >= 0.6 is 0 Å². The smallest absolute Gasteiger partial charge is 0.276 e. The summed E-state index contributed by atoms with van der Waals surface area (Å²) in [5.41, 5.74) is 0.770. The van der Waals surface area contributed by atoms with Crippen molar-refractivity contribution in [3.8, 4) is 0 Å². The van der Waals surface area contributed by atoms with Gasteiger partial charge in [0.25, 0.3) is 5.56 Å². The van der Waals surface area contributed by atoms with Crippen molar-refractivity contribution in [3.63, 3.8) is 0 Å². The lowest BCUT2D eigenvalue weighted by molar-refractivity contribution is 0.0832. The van der Waals surface area contributed by atoms with Crippen molar-refractivity contribution < 1.29 is 13.5 Å². The van der Waals surface area contributed by atoms with Gasteiger partial charge < -0.3 is 9.72 Å². The van der Waals surface area contributed by atoms with Crippen molar-refractivity contribution in [1.29, 1.82) is 0 Å². The highest BCUT2D eigenvalue weighted by Gasteiger charge is 2.31. The van der Waals surface area contributed by atoms with E-state index in [2.05, 4.69) is 21.8 Å². The molecule has 5 rings (SSSR count). The Hall–Kier alpha value is -2.65. The molecule has 7 nitrogen and oxygen atoms in total. The molecule has 2 fully saturated rings. The molecule has 0 spiro atoms. The van der Waals surface area contributed by atoms with E-state index >= 15 is 0 Å². The number of rotatable bonds is 5. The normalized spacial score (nSPS) is 22.7. The van der Waals surface area contributed by atoms with Gasteiger partial charge in [0.1, 0.15) is 23.3 Å². The second kappa shape index (κ2) is 8.71. The van der Waals surface area contributed by atoms with E-state index in [-0.39, 0.29) is 17.4 Å². The number of benzene rings is 1. The molecule has 3 aromatic rings. The monoisotopic (exact) mass is 443 g/mol. The second-order valence-corrected chi connectivity index (χ2v) is 9.07. The zero-order chi connectivity index (χ0) is 22.2. The standard InChI is InChI=1S/C23H27F2N5O2/c1-14-11-29(12-16-2-3-18(24)9-19(16)25)13-17(14)8-21-27-23(31)20-10-26-22(30(20)28-21)15-4-6-32-7-5-15/h2-3,9-10,14-15,17H,4-8,11-13H2,1H3,(H,27,28,31). The van der Waals surface area contributed by atoms with Gasteiger partial charge in [-0.05, 0) is 30.7 Å². The average molecular weight is 443 g/mol. The average Bonchev–Trinajstić information content (AvgIpc) is 3.34. The summed E-state index contributed by atoms with van der Waals surface area (Å²) in [6.07, 6.45) is 3.96. The first-order valence-corrected chi connectivity index (χ1v) is 11.2. The Morgan fingerprint density at radius 3 is 2.81 bits per heavy atom. The molecule has 2 saturated heterocycles. The fourth-order valence-electron chi connectivity index (χ4n) is 4.96. The molecule has 2 atom stereocenters.